The predicted octanol–water partition coefficient (Wildman–Crippen LogP) is 4.31. The van der Waals surface area contributed by atoms with Crippen molar-refractivity contribution in [1.29, 1.82) is 0 Å². The van der Waals surface area contributed by atoms with Crippen LogP contribution in [0.25, 0.3) is 0 Å². The van der Waals surface area contributed by atoms with Gasteiger partial charge in [0.05, 0.1) is 10.6 Å². The molecule has 0 spiro atoms. The van der Waals surface area contributed by atoms with Gasteiger partial charge < -0.3 is 5.32 Å². The van der Waals surface area contributed by atoms with E-state index in [2.05, 4.69) is 5.32 Å². The van der Waals surface area contributed by atoms with Crippen molar-refractivity contribution in [1.82, 2.24) is 5.32 Å². The summed E-state index contributed by atoms with van der Waals surface area (Å²) < 4.78 is 51.8. The third-order valence-electron chi connectivity index (χ3n) is 3.07. The van der Waals surface area contributed by atoms with E-state index in [4.69, 9.17) is 11.6 Å². The summed E-state index contributed by atoms with van der Waals surface area (Å²) >= 11 is 5.54. The van der Waals surface area contributed by atoms with Crippen molar-refractivity contribution in [2.45, 2.75) is 31.5 Å². The van der Waals surface area contributed by atoms with Gasteiger partial charge in [-0.2, -0.15) is 13.2 Å². The minimum Gasteiger partial charge on any atom is -0.310 e. The van der Waals surface area contributed by atoms with Crippen LogP contribution in [0.15, 0.2) is 12.1 Å². The van der Waals surface area contributed by atoms with E-state index in [0.29, 0.717) is 19.0 Å². The highest BCUT2D eigenvalue weighted by Crippen LogP contribution is 2.36. The SMILES string of the molecule is Fc1c(Cl)cc(C(F)(F)F)cc1[C@H]1CCCCN1. The summed E-state index contributed by atoms with van der Waals surface area (Å²) in [6.07, 6.45) is -2.08. The van der Waals surface area contributed by atoms with E-state index >= 15 is 0 Å². The molecule has 1 atom stereocenters. The smallest absolute Gasteiger partial charge is 0.310 e. The quantitative estimate of drug-likeness (QED) is 0.756. The van der Waals surface area contributed by atoms with E-state index in [1.54, 1.807) is 0 Å². The highest BCUT2D eigenvalue weighted by molar-refractivity contribution is 6.30. The van der Waals surface area contributed by atoms with Crippen LogP contribution in [0.2, 0.25) is 5.02 Å². The van der Waals surface area contributed by atoms with Gasteiger partial charge in [-0.3, -0.25) is 0 Å². The van der Waals surface area contributed by atoms with E-state index in [0.717, 1.165) is 18.9 Å². The van der Waals surface area contributed by atoms with Crippen LogP contribution in [0, 0.1) is 5.82 Å². The Morgan fingerprint density at radius 3 is 2.50 bits per heavy atom. The van der Waals surface area contributed by atoms with Crippen LogP contribution in [0.3, 0.4) is 0 Å². The van der Waals surface area contributed by atoms with Crippen LogP contribution >= 0.6 is 11.6 Å². The van der Waals surface area contributed by atoms with Gasteiger partial charge in [0, 0.05) is 11.6 Å². The third kappa shape index (κ3) is 2.78. The molecule has 0 saturated carbocycles. The van der Waals surface area contributed by atoms with Gasteiger partial charge in [0.15, 0.2) is 0 Å². The molecule has 2 rings (SSSR count). The lowest BCUT2D eigenvalue weighted by molar-refractivity contribution is -0.137. The first kappa shape index (κ1) is 13.6. The maximum Gasteiger partial charge on any atom is 0.416 e. The van der Waals surface area contributed by atoms with Crippen LogP contribution in [0.1, 0.15) is 36.4 Å². The molecule has 1 fully saturated rings. The van der Waals surface area contributed by atoms with Crippen molar-refractivity contribution in [2.75, 3.05) is 6.54 Å². The lowest BCUT2D eigenvalue weighted by Crippen LogP contribution is -2.28. The summed E-state index contributed by atoms with van der Waals surface area (Å²) in [5, 5.41) is 2.54. The zero-order chi connectivity index (χ0) is 13.3. The van der Waals surface area contributed by atoms with Crippen LogP contribution in [-0.2, 0) is 6.18 Å². The Hall–Kier alpha value is -0.810. The minimum absolute atomic E-state index is 0.00882. The lowest BCUT2D eigenvalue weighted by Gasteiger charge is -2.25. The Morgan fingerprint density at radius 2 is 1.94 bits per heavy atom. The number of hydrogen-bond acceptors (Lipinski definition) is 1. The van der Waals surface area contributed by atoms with Crippen LogP contribution in [-0.4, -0.2) is 6.54 Å². The molecule has 1 heterocycles. The largest absolute Gasteiger partial charge is 0.416 e. The standard InChI is InChI=1S/C12H12ClF4N/c13-9-6-7(12(15,16)17)5-8(11(9)14)10-3-1-2-4-18-10/h5-6,10,18H,1-4H2/t10-/m1/s1. The second-order valence-corrected chi connectivity index (χ2v) is 4.77. The molecule has 0 aliphatic carbocycles. The van der Waals surface area contributed by atoms with E-state index < -0.39 is 28.6 Å². The summed E-state index contributed by atoms with van der Waals surface area (Å²) in [5.74, 6) is -0.760. The Labute approximate surface area is 107 Å². The maximum atomic E-state index is 13.8. The molecule has 0 radical (unpaired) electrons. The lowest BCUT2D eigenvalue weighted by atomic mass is 9.95. The number of halogens is 5. The first-order valence-corrected chi connectivity index (χ1v) is 6.07. The van der Waals surface area contributed by atoms with Crippen molar-refractivity contribution in [2.24, 2.45) is 0 Å². The number of benzene rings is 1. The van der Waals surface area contributed by atoms with E-state index in [1.165, 1.54) is 0 Å². The topological polar surface area (TPSA) is 12.0 Å². The Kier molecular flexibility index (Phi) is 3.82. The predicted molar refractivity (Wildman–Crippen MR) is 61.0 cm³/mol. The highest BCUT2D eigenvalue weighted by Gasteiger charge is 2.33. The first-order chi connectivity index (χ1) is 8.39. The zero-order valence-corrected chi connectivity index (χ0v) is 10.2. The highest BCUT2D eigenvalue weighted by atomic mass is 35.5. The number of piperidine rings is 1. The fourth-order valence-corrected chi connectivity index (χ4v) is 2.37. The summed E-state index contributed by atoms with van der Waals surface area (Å²) in [6, 6.07) is 1.09. The number of alkyl halides is 3. The molecule has 18 heavy (non-hydrogen) atoms. The molecule has 1 aliphatic heterocycles. The first-order valence-electron chi connectivity index (χ1n) is 5.69. The van der Waals surface area contributed by atoms with Gasteiger partial charge in [-0.25, -0.2) is 4.39 Å². The van der Waals surface area contributed by atoms with Gasteiger partial charge in [0.1, 0.15) is 5.82 Å². The molecule has 0 unspecified atom stereocenters. The molecule has 1 saturated heterocycles. The summed E-state index contributed by atoms with van der Waals surface area (Å²) in [5.41, 5.74) is -0.897. The molecule has 1 aromatic carbocycles. The van der Waals surface area contributed by atoms with Gasteiger partial charge in [-0.05, 0) is 31.5 Å². The van der Waals surface area contributed by atoms with Gasteiger partial charge in [-0.1, -0.05) is 18.0 Å². The molecular weight excluding hydrogens is 270 g/mol. The second kappa shape index (κ2) is 5.05. The molecule has 1 aromatic rings. The van der Waals surface area contributed by atoms with Crippen molar-refractivity contribution < 1.29 is 17.6 Å². The summed E-state index contributed by atoms with van der Waals surface area (Å²) in [4.78, 5) is 0. The Bertz CT molecular complexity index is 438. The minimum atomic E-state index is -4.51. The molecule has 6 heteroatoms. The van der Waals surface area contributed by atoms with Crippen LogP contribution in [0.5, 0.6) is 0 Å². The maximum absolute atomic E-state index is 13.8. The van der Waals surface area contributed by atoms with Crippen molar-refractivity contribution in [3.8, 4) is 0 Å². The van der Waals surface area contributed by atoms with Crippen molar-refractivity contribution in [3.63, 3.8) is 0 Å². The van der Waals surface area contributed by atoms with E-state index in [9.17, 15) is 17.6 Å². The number of rotatable bonds is 1. The van der Waals surface area contributed by atoms with Crippen molar-refractivity contribution in [3.05, 3.63) is 34.1 Å². The number of hydrogen-bond donors (Lipinski definition) is 1. The normalized spacial score (nSPS) is 21.1. The molecule has 0 aromatic heterocycles. The molecule has 1 aliphatic rings. The summed E-state index contributed by atoms with van der Waals surface area (Å²) in [7, 11) is 0. The molecule has 1 N–H and O–H groups in total. The fourth-order valence-electron chi connectivity index (χ4n) is 2.14. The van der Waals surface area contributed by atoms with Gasteiger partial charge in [-0.15, -0.1) is 0 Å². The molecular formula is C12H12ClF4N. The Balaban J connectivity index is 2.42. The van der Waals surface area contributed by atoms with Gasteiger partial charge >= 0.3 is 6.18 Å². The second-order valence-electron chi connectivity index (χ2n) is 4.36. The van der Waals surface area contributed by atoms with E-state index in [1.807, 2.05) is 0 Å². The van der Waals surface area contributed by atoms with Crippen LogP contribution in [0.4, 0.5) is 17.6 Å². The van der Waals surface area contributed by atoms with E-state index in [-0.39, 0.29) is 5.56 Å². The van der Waals surface area contributed by atoms with Gasteiger partial charge in [0.25, 0.3) is 0 Å². The molecule has 1 nitrogen and oxygen atoms in total. The average Bonchev–Trinajstić information content (AvgIpc) is 2.32. The molecule has 0 amide bonds. The molecule has 0 bridgehead atoms. The average molecular weight is 282 g/mol. The Morgan fingerprint density at radius 1 is 1.22 bits per heavy atom. The van der Waals surface area contributed by atoms with Crippen molar-refractivity contribution >= 4 is 11.6 Å². The third-order valence-corrected chi connectivity index (χ3v) is 3.34. The van der Waals surface area contributed by atoms with Crippen LogP contribution < -0.4 is 5.32 Å². The fraction of sp³-hybridized carbons (Fsp3) is 0.500. The molecule has 100 valence electrons. The zero-order valence-electron chi connectivity index (χ0n) is 9.45. The monoisotopic (exact) mass is 281 g/mol. The van der Waals surface area contributed by atoms with Gasteiger partial charge in [0.2, 0.25) is 0 Å². The number of nitrogens with one attached hydrogen (secondary N) is 1. The summed E-state index contributed by atoms with van der Waals surface area (Å²) in [6.45, 7) is 0.679.